The average Bonchev–Trinajstić information content (AvgIpc) is 3.09. The zero-order valence-electron chi connectivity index (χ0n) is 12.2. The molecule has 0 aliphatic carbocycles. The molecule has 2 amide bonds. The number of thioether (sulfide) groups is 1. The van der Waals surface area contributed by atoms with Crippen LogP contribution in [0.15, 0.2) is 24.3 Å². The fraction of sp³-hybridized carbons (Fsp3) is 0.467. The van der Waals surface area contributed by atoms with Gasteiger partial charge in [-0.2, -0.15) is 0 Å². The van der Waals surface area contributed by atoms with E-state index in [4.69, 9.17) is 0 Å². The van der Waals surface area contributed by atoms with Crippen molar-refractivity contribution in [1.82, 2.24) is 15.1 Å². The minimum atomic E-state index is -0.0793. The Morgan fingerprint density at radius 1 is 1.09 bits per heavy atom. The Kier molecular flexibility index (Phi) is 4.54. The molecule has 1 aromatic rings. The van der Waals surface area contributed by atoms with Gasteiger partial charge in [0.05, 0.1) is 6.04 Å². The maximum Gasteiger partial charge on any atom is 0.253 e. The summed E-state index contributed by atoms with van der Waals surface area (Å²) >= 11 is 1.73. The molecule has 7 heteroatoms. The van der Waals surface area contributed by atoms with Crippen LogP contribution < -0.4 is 5.32 Å². The van der Waals surface area contributed by atoms with E-state index in [1.807, 2.05) is 4.90 Å². The first-order chi connectivity index (χ1) is 10.6. The fourth-order valence-corrected chi connectivity index (χ4v) is 3.62. The summed E-state index contributed by atoms with van der Waals surface area (Å²) in [5, 5.41) is 12.5. The number of phenols is 1. The van der Waals surface area contributed by atoms with E-state index in [1.54, 1.807) is 28.8 Å². The maximum absolute atomic E-state index is 12.4. The van der Waals surface area contributed by atoms with Gasteiger partial charge in [0, 0.05) is 43.4 Å². The maximum atomic E-state index is 12.4. The first kappa shape index (κ1) is 15.2. The lowest BCUT2D eigenvalue weighted by molar-refractivity contribution is -0.134. The van der Waals surface area contributed by atoms with E-state index in [0.29, 0.717) is 31.7 Å². The first-order valence-corrected chi connectivity index (χ1v) is 8.49. The number of benzene rings is 1. The predicted molar refractivity (Wildman–Crippen MR) is 84.8 cm³/mol. The third kappa shape index (κ3) is 3.20. The van der Waals surface area contributed by atoms with Gasteiger partial charge < -0.3 is 14.9 Å². The van der Waals surface area contributed by atoms with Gasteiger partial charge in [0.25, 0.3) is 5.91 Å². The Hall–Kier alpha value is -1.73. The highest BCUT2D eigenvalue weighted by molar-refractivity contribution is 7.99. The van der Waals surface area contributed by atoms with Crippen LogP contribution in [0.1, 0.15) is 10.4 Å². The van der Waals surface area contributed by atoms with Crippen LogP contribution in [0.4, 0.5) is 0 Å². The van der Waals surface area contributed by atoms with E-state index >= 15 is 0 Å². The van der Waals surface area contributed by atoms with E-state index in [0.717, 1.165) is 11.6 Å². The lowest BCUT2D eigenvalue weighted by Gasteiger charge is -2.35. The molecule has 6 nitrogen and oxygen atoms in total. The van der Waals surface area contributed by atoms with Crippen LogP contribution in [0.3, 0.4) is 0 Å². The molecule has 22 heavy (non-hydrogen) atoms. The van der Waals surface area contributed by atoms with Gasteiger partial charge in [-0.05, 0) is 24.3 Å². The number of piperazine rings is 1. The molecule has 0 radical (unpaired) electrons. The smallest absolute Gasteiger partial charge is 0.253 e. The van der Waals surface area contributed by atoms with Crippen molar-refractivity contribution in [3.8, 4) is 5.75 Å². The van der Waals surface area contributed by atoms with Gasteiger partial charge in [0.2, 0.25) is 5.91 Å². The SMILES string of the molecule is O=C(c1ccc(O)cc1)N1CCN(C(=O)C2CSCN2)CC1. The normalized spacial score (nSPS) is 21.9. The number of hydrogen-bond acceptors (Lipinski definition) is 5. The molecule has 2 fully saturated rings. The Bertz CT molecular complexity index is 550. The lowest BCUT2D eigenvalue weighted by Crippen LogP contribution is -2.54. The second-order valence-electron chi connectivity index (χ2n) is 5.44. The van der Waals surface area contributed by atoms with E-state index in [-0.39, 0.29) is 23.6 Å². The monoisotopic (exact) mass is 321 g/mol. The van der Waals surface area contributed by atoms with Crippen molar-refractivity contribution >= 4 is 23.6 Å². The van der Waals surface area contributed by atoms with Crippen molar-refractivity contribution in [3.05, 3.63) is 29.8 Å². The Labute approximate surface area is 133 Å². The van der Waals surface area contributed by atoms with Gasteiger partial charge in [-0.1, -0.05) is 0 Å². The zero-order chi connectivity index (χ0) is 15.5. The summed E-state index contributed by atoms with van der Waals surface area (Å²) < 4.78 is 0. The predicted octanol–water partition coefficient (Wildman–Crippen LogP) is 0.339. The lowest BCUT2D eigenvalue weighted by atomic mass is 10.1. The number of nitrogens with zero attached hydrogens (tertiary/aromatic N) is 2. The van der Waals surface area contributed by atoms with E-state index in [2.05, 4.69) is 5.32 Å². The molecule has 2 N–H and O–H groups in total. The largest absolute Gasteiger partial charge is 0.508 e. The van der Waals surface area contributed by atoms with Gasteiger partial charge in [-0.25, -0.2) is 0 Å². The van der Waals surface area contributed by atoms with Crippen molar-refractivity contribution in [2.45, 2.75) is 6.04 Å². The van der Waals surface area contributed by atoms with Crippen LogP contribution in [0, 0.1) is 0 Å². The Morgan fingerprint density at radius 2 is 1.73 bits per heavy atom. The van der Waals surface area contributed by atoms with E-state index < -0.39 is 0 Å². The molecule has 0 saturated carbocycles. The van der Waals surface area contributed by atoms with Gasteiger partial charge in [-0.15, -0.1) is 11.8 Å². The number of hydrogen-bond donors (Lipinski definition) is 2. The van der Waals surface area contributed by atoms with Crippen molar-refractivity contribution in [2.75, 3.05) is 37.8 Å². The number of phenolic OH excluding ortho intramolecular Hbond substituents is 1. The number of amides is 2. The van der Waals surface area contributed by atoms with Crippen molar-refractivity contribution in [1.29, 1.82) is 0 Å². The number of rotatable bonds is 2. The topological polar surface area (TPSA) is 72.9 Å². The van der Waals surface area contributed by atoms with Crippen LogP contribution >= 0.6 is 11.8 Å². The second-order valence-corrected chi connectivity index (χ2v) is 6.47. The molecule has 0 aromatic heterocycles. The van der Waals surface area contributed by atoms with Gasteiger partial charge >= 0.3 is 0 Å². The number of carbonyl (C=O) groups excluding carboxylic acids is 2. The fourth-order valence-electron chi connectivity index (χ4n) is 2.69. The second kappa shape index (κ2) is 6.58. The molecule has 2 saturated heterocycles. The zero-order valence-corrected chi connectivity index (χ0v) is 13.0. The van der Waals surface area contributed by atoms with Gasteiger partial charge in [0.1, 0.15) is 5.75 Å². The third-order valence-corrected chi connectivity index (χ3v) is 4.95. The van der Waals surface area contributed by atoms with Crippen molar-refractivity contribution in [2.24, 2.45) is 0 Å². The number of aromatic hydroxyl groups is 1. The summed E-state index contributed by atoms with van der Waals surface area (Å²) in [6, 6.07) is 6.18. The third-order valence-electron chi connectivity index (χ3n) is 4.01. The molecule has 3 rings (SSSR count). The molecule has 2 heterocycles. The number of carbonyl (C=O) groups is 2. The van der Waals surface area contributed by atoms with Gasteiger partial charge in [0.15, 0.2) is 0 Å². The standard InChI is InChI=1S/C15H19N3O3S/c19-12-3-1-11(2-4-12)14(20)17-5-7-18(8-6-17)15(21)13-9-22-10-16-13/h1-4,13,16,19H,5-10H2. The number of nitrogens with one attached hydrogen (secondary N) is 1. The van der Waals surface area contributed by atoms with Gasteiger partial charge in [-0.3, -0.25) is 14.9 Å². The minimum Gasteiger partial charge on any atom is -0.508 e. The molecule has 1 atom stereocenters. The molecule has 1 aromatic carbocycles. The highest BCUT2D eigenvalue weighted by atomic mass is 32.2. The van der Waals surface area contributed by atoms with E-state index in [9.17, 15) is 14.7 Å². The highest BCUT2D eigenvalue weighted by Gasteiger charge is 2.30. The summed E-state index contributed by atoms with van der Waals surface area (Å²) in [6.07, 6.45) is 0. The van der Waals surface area contributed by atoms with Crippen LogP contribution in [-0.4, -0.2) is 70.6 Å². The molecule has 0 spiro atoms. The summed E-state index contributed by atoms with van der Waals surface area (Å²) in [4.78, 5) is 28.3. The summed E-state index contributed by atoms with van der Waals surface area (Å²) in [5.74, 6) is 1.89. The Balaban J connectivity index is 1.56. The highest BCUT2D eigenvalue weighted by Crippen LogP contribution is 2.16. The first-order valence-electron chi connectivity index (χ1n) is 7.33. The van der Waals surface area contributed by atoms with Crippen LogP contribution in [0.2, 0.25) is 0 Å². The molecule has 0 bridgehead atoms. The summed E-state index contributed by atoms with van der Waals surface area (Å²) in [6.45, 7) is 2.24. The van der Waals surface area contributed by atoms with Crippen molar-refractivity contribution in [3.63, 3.8) is 0 Å². The Morgan fingerprint density at radius 3 is 2.32 bits per heavy atom. The molecule has 2 aliphatic heterocycles. The van der Waals surface area contributed by atoms with Crippen molar-refractivity contribution < 1.29 is 14.7 Å². The molecule has 2 aliphatic rings. The van der Waals surface area contributed by atoms with Crippen LogP contribution in [0.5, 0.6) is 5.75 Å². The van der Waals surface area contributed by atoms with E-state index in [1.165, 1.54) is 12.1 Å². The van der Waals surface area contributed by atoms with Crippen LogP contribution in [0.25, 0.3) is 0 Å². The average molecular weight is 321 g/mol. The quantitative estimate of drug-likeness (QED) is 0.822. The molecular weight excluding hydrogens is 302 g/mol. The minimum absolute atomic E-state index is 0.0540. The molecular formula is C15H19N3O3S. The summed E-state index contributed by atoms with van der Waals surface area (Å²) in [5.41, 5.74) is 0.562. The molecule has 1 unspecified atom stereocenters. The van der Waals surface area contributed by atoms with Crippen LogP contribution in [-0.2, 0) is 4.79 Å². The molecule has 118 valence electrons. The summed E-state index contributed by atoms with van der Waals surface area (Å²) in [7, 11) is 0.